The van der Waals surface area contributed by atoms with E-state index in [-0.39, 0.29) is 29.2 Å². The lowest BCUT2D eigenvalue weighted by Crippen LogP contribution is -2.42. The van der Waals surface area contributed by atoms with Crippen LogP contribution in [0.3, 0.4) is 0 Å². The lowest BCUT2D eigenvalue weighted by Gasteiger charge is -2.27. The van der Waals surface area contributed by atoms with E-state index in [4.69, 9.17) is 0 Å². The minimum absolute atomic E-state index is 0.0268. The molecule has 9 heteroatoms. The Bertz CT molecular complexity index is 713. The third-order valence-electron chi connectivity index (χ3n) is 5.23. The van der Waals surface area contributed by atoms with Crippen molar-refractivity contribution < 1.29 is 13.2 Å². The zero-order valence-corrected chi connectivity index (χ0v) is 16.9. The molecule has 0 unspecified atom stereocenters. The van der Waals surface area contributed by atoms with Gasteiger partial charge in [-0.15, -0.1) is 5.10 Å². The van der Waals surface area contributed by atoms with Gasteiger partial charge < -0.3 is 4.90 Å². The Morgan fingerprint density at radius 1 is 1.31 bits per heavy atom. The van der Waals surface area contributed by atoms with Gasteiger partial charge in [0.15, 0.2) is 9.84 Å². The van der Waals surface area contributed by atoms with Gasteiger partial charge in [0, 0.05) is 19.0 Å². The average Bonchev–Trinajstić information content (AvgIpc) is 3.33. The summed E-state index contributed by atoms with van der Waals surface area (Å²) in [4.78, 5) is 18.9. The highest BCUT2D eigenvalue weighted by Gasteiger charge is 2.34. The van der Waals surface area contributed by atoms with Crippen molar-refractivity contribution in [2.45, 2.75) is 63.1 Å². The SMILES string of the molecule is CCCN(C(=O)CSc1n[nH]c(CC2CCCC2)n1)[C@@H]1CCS(=O)(=O)C1. The Balaban J connectivity index is 1.52. The number of hydrogen-bond acceptors (Lipinski definition) is 6. The normalized spacial score (nSPS) is 22.7. The van der Waals surface area contributed by atoms with Crippen molar-refractivity contribution in [1.29, 1.82) is 0 Å². The molecule has 1 amide bonds. The van der Waals surface area contributed by atoms with Crippen LogP contribution in [0.4, 0.5) is 0 Å². The first kappa shape index (κ1) is 19.7. The second-order valence-corrected chi connectivity index (χ2v) is 10.5. The van der Waals surface area contributed by atoms with E-state index in [1.165, 1.54) is 37.4 Å². The minimum atomic E-state index is -3.00. The van der Waals surface area contributed by atoms with Crippen molar-refractivity contribution in [2.75, 3.05) is 23.8 Å². The van der Waals surface area contributed by atoms with Crippen LogP contribution < -0.4 is 0 Å². The highest BCUT2D eigenvalue weighted by Crippen LogP contribution is 2.27. The summed E-state index contributed by atoms with van der Waals surface area (Å²) in [5.74, 6) is 2.10. The van der Waals surface area contributed by atoms with Crippen molar-refractivity contribution in [3.05, 3.63) is 5.82 Å². The molecule has 2 aliphatic rings. The summed E-state index contributed by atoms with van der Waals surface area (Å²) in [6.07, 6.45) is 7.43. The van der Waals surface area contributed by atoms with Crippen LogP contribution in [0.15, 0.2) is 5.16 Å². The van der Waals surface area contributed by atoms with Crippen LogP contribution in [0.5, 0.6) is 0 Å². The summed E-state index contributed by atoms with van der Waals surface area (Å²) in [6.45, 7) is 2.60. The molecule has 1 atom stereocenters. The second kappa shape index (κ2) is 8.73. The van der Waals surface area contributed by atoms with Crippen LogP contribution >= 0.6 is 11.8 Å². The predicted molar refractivity (Wildman–Crippen MR) is 102 cm³/mol. The number of rotatable bonds is 8. The van der Waals surface area contributed by atoms with Crippen LogP contribution in [0.2, 0.25) is 0 Å². The fourth-order valence-corrected chi connectivity index (χ4v) is 6.34. The molecule has 1 N–H and O–H groups in total. The average molecular weight is 401 g/mol. The zero-order chi connectivity index (χ0) is 18.6. The van der Waals surface area contributed by atoms with E-state index >= 15 is 0 Å². The number of thioether (sulfide) groups is 1. The molecule has 0 radical (unpaired) electrons. The molecule has 1 aromatic rings. The number of nitrogens with zero attached hydrogens (tertiary/aromatic N) is 3. The van der Waals surface area contributed by atoms with Gasteiger partial charge in [-0.1, -0.05) is 44.4 Å². The van der Waals surface area contributed by atoms with Gasteiger partial charge in [0.2, 0.25) is 11.1 Å². The number of nitrogens with one attached hydrogen (secondary N) is 1. The van der Waals surface area contributed by atoms with Crippen LogP contribution in [-0.2, 0) is 21.1 Å². The fourth-order valence-electron chi connectivity index (χ4n) is 3.90. The second-order valence-electron chi connectivity index (χ2n) is 7.35. The molecular weight excluding hydrogens is 372 g/mol. The van der Waals surface area contributed by atoms with Gasteiger partial charge in [-0.3, -0.25) is 9.89 Å². The number of H-pyrrole nitrogens is 1. The maximum absolute atomic E-state index is 12.6. The molecule has 0 aromatic carbocycles. The highest BCUT2D eigenvalue weighted by molar-refractivity contribution is 7.99. The molecule has 1 saturated carbocycles. The summed E-state index contributed by atoms with van der Waals surface area (Å²) < 4.78 is 23.5. The van der Waals surface area contributed by atoms with Crippen molar-refractivity contribution in [3.8, 4) is 0 Å². The Hall–Kier alpha value is -1.09. The molecule has 0 bridgehead atoms. The van der Waals surface area contributed by atoms with E-state index in [1.807, 2.05) is 6.92 Å². The van der Waals surface area contributed by atoms with Gasteiger partial charge in [0.25, 0.3) is 0 Å². The summed E-state index contributed by atoms with van der Waals surface area (Å²) >= 11 is 1.33. The highest BCUT2D eigenvalue weighted by atomic mass is 32.2. The van der Waals surface area contributed by atoms with Crippen molar-refractivity contribution in [1.82, 2.24) is 20.1 Å². The summed E-state index contributed by atoms with van der Waals surface area (Å²) in [5, 5.41) is 7.81. The molecule has 1 aliphatic carbocycles. The topological polar surface area (TPSA) is 96.0 Å². The largest absolute Gasteiger partial charge is 0.338 e. The fraction of sp³-hybridized carbons (Fsp3) is 0.824. The number of aromatic amines is 1. The molecule has 1 aliphatic heterocycles. The number of aromatic nitrogens is 3. The quantitative estimate of drug-likeness (QED) is 0.671. The summed E-state index contributed by atoms with van der Waals surface area (Å²) in [5.41, 5.74) is 0. The number of hydrogen-bond donors (Lipinski definition) is 1. The molecule has 2 fully saturated rings. The van der Waals surface area contributed by atoms with Gasteiger partial charge in [0.05, 0.1) is 17.3 Å². The Morgan fingerprint density at radius 3 is 2.73 bits per heavy atom. The lowest BCUT2D eigenvalue weighted by atomic mass is 10.0. The lowest BCUT2D eigenvalue weighted by molar-refractivity contribution is -0.130. The molecule has 3 rings (SSSR count). The van der Waals surface area contributed by atoms with E-state index in [1.54, 1.807) is 4.90 Å². The van der Waals surface area contributed by atoms with Crippen LogP contribution in [-0.4, -0.2) is 64.3 Å². The zero-order valence-electron chi connectivity index (χ0n) is 15.3. The van der Waals surface area contributed by atoms with Gasteiger partial charge in [-0.05, 0) is 18.8 Å². The van der Waals surface area contributed by atoms with E-state index < -0.39 is 9.84 Å². The van der Waals surface area contributed by atoms with Gasteiger partial charge in [-0.25, -0.2) is 13.4 Å². The Kier molecular flexibility index (Phi) is 6.60. The molecule has 7 nitrogen and oxygen atoms in total. The Labute approximate surface area is 159 Å². The third kappa shape index (κ3) is 5.22. The van der Waals surface area contributed by atoms with E-state index in [0.717, 1.165) is 18.7 Å². The van der Waals surface area contributed by atoms with Gasteiger partial charge in [-0.2, -0.15) is 0 Å². The minimum Gasteiger partial charge on any atom is -0.338 e. The van der Waals surface area contributed by atoms with Crippen molar-refractivity contribution >= 4 is 27.5 Å². The monoisotopic (exact) mass is 400 g/mol. The number of carbonyl (C=O) groups excluding carboxylic acids is 1. The van der Waals surface area contributed by atoms with Gasteiger partial charge >= 0.3 is 0 Å². The van der Waals surface area contributed by atoms with Crippen LogP contribution in [0.25, 0.3) is 0 Å². The van der Waals surface area contributed by atoms with E-state index in [0.29, 0.717) is 24.0 Å². The van der Waals surface area contributed by atoms with Crippen molar-refractivity contribution in [3.63, 3.8) is 0 Å². The molecule has 26 heavy (non-hydrogen) atoms. The number of carbonyl (C=O) groups is 1. The predicted octanol–water partition coefficient (Wildman–Crippen LogP) is 2.06. The third-order valence-corrected chi connectivity index (χ3v) is 7.81. The number of amides is 1. The molecule has 1 aromatic heterocycles. The smallest absolute Gasteiger partial charge is 0.233 e. The summed E-state index contributed by atoms with van der Waals surface area (Å²) in [6, 6.07) is -0.182. The van der Waals surface area contributed by atoms with Crippen LogP contribution in [0.1, 0.15) is 51.3 Å². The standard InChI is InChI=1S/C17H28N4O3S2/c1-2-8-21(14-7-9-26(23,24)12-14)16(22)11-25-17-18-15(19-20-17)10-13-5-3-4-6-13/h13-14H,2-12H2,1H3,(H,18,19,20)/t14-/m1/s1. The van der Waals surface area contributed by atoms with Crippen LogP contribution in [0, 0.1) is 5.92 Å². The molecule has 1 saturated heterocycles. The maximum Gasteiger partial charge on any atom is 0.233 e. The first-order valence-electron chi connectivity index (χ1n) is 9.51. The van der Waals surface area contributed by atoms with E-state index in [9.17, 15) is 13.2 Å². The first-order chi connectivity index (χ1) is 12.5. The molecule has 2 heterocycles. The molecule has 0 spiro atoms. The maximum atomic E-state index is 12.6. The molecular formula is C17H28N4O3S2. The molecule has 146 valence electrons. The first-order valence-corrected chi connectivity index (χ1v) is 12.3. The summed E-state index contributed by atoms with van der Waals surface area (Å²) in [7, 11) is -3.00. The van der Waals surface area contributed by atoms with E-state index in [2.05, 4.69) is 15.2 Å². The number of sulfone groups is 1. The van der Waals surface area contributed by atoms with Crippen molar-refractivity contribution in [2.24, 2.45) is 5.92 Å². The Morgan fingerprint density at radius 2 is 2.08 bits per heavy atom. The van der Waals surface area contributed by atoms with Gasteiger partial charge in [0.1, 0.15) is 5.82 Å².